The smallest absolute Gasteiger partial charge is 0.236 e. The molecule has 0 saturated heterocycles. The topological polar surface area (TPSA) is 59.9 Å². The van der Waals surface area contributed by atoms with Crippen LogP contribution in [0.3, 0.4) is 0 Å². The van der Waals surface area contributed by atoms with E-state index in [9.17, 15) is 4.79 Å². The van der Waals surface area contributed by atoms with Gasteiger partial charge in [0.05, 0.1) is 24.5 Å². The molecule has 0 aromatic heterocycles. The Morgan fingerprint density at radius 1 is 1.55 bits per heavy atom. The lowest BCUT2D eigenvalue weighted by Gasteiger charge is -2.17. The van der Waals surface area contributed by atoms with Gasteiger partial charge in [-0.1, -0.05) is 18.5 Å². The molecule has 0 aliphatic heterocycles. The van der Waals surface area contributed by atoms with Gasteiger partial charge >= 0.3 is 0 Å². The molecule has 20 heavy (non-hydrogen) atoms. The van der Waals surface area contributed by atoms with E-state index in [1.165, 1.54) is 13.1 Å². The minimum atomic E-state index is -0.240. The highest BCUT2D eigenvalue weighted by Crippen LogP contribution is 2.36. The molecule has 1 N–H and O–H groups in total. The second kappa shape index (κ2) is 7.75. The predicted molar refractivity (Wildman–Crippen MR) is 79.8 cm³/mol. The van der Waals surface area contributed by atoms with Crippen LogP contribution in [0.15, 0.2) is 17.2 Å². The van der Waals surface area contributed by atoms with E-state index in [0.717, 1.165) is 6.42 Å². The molecule has 0 heterocycles. The number of benzene rings is 1. The summed E-state index contributed by atoms with van der Waals surface area (Å²) in [6.45, 7) is 5.37. The number of carbonyl (C=O) groups is 1. The molecule has 1 rings (SSSR count). The molecule has 1 aromatic carbocycles. The fraction of sp³-hybridized carbons (Fsp3) is 0.429. The zero-order chi connectivity index (χ0) is 15.1. The van der Waals surface area contributed by atoms with Gasteiger partial charge in [-0.3, -0.25) is 4.79 Å². The first-order valence-corrected chi connectivity index (χ1v) is 6.69. The summed E-state index contributed by atoms with van der Waals surface area (Å²) in [7, 11) is 1.55. The van der Waals surface area contributed by atoms with Gasteiger partial charge in [-0.05, 0) is 31.0 Å². The summed E-state index contributed by atoms with van der Waals surface area (Å²) < 4.78 is 11.0. The minimum Gasteiger partial charge on any atom is -0.493 e. The SMILES string of the molecule is CC[C@H](C)Oc1c(Cl)cc(/C=N\NC(C)=O)cc1OC. The highest BCUT2D eigenvalue weighted by atomic mass is 35.5. The molecule has 0 fully saturated rings. The standard InChI is InChI=1S/C14H19ClN2O3/c1-5-9(2)20-14-12(15)6-11(7-13(14)19-4)8-16-17-10(3)18/h6-9H,5H2,1-4H3,(H,17,18)/b16-8-/t9-/m0/s1. The van der Waals surface area contributed by atoms with Crippen molar-refractivity contribution in [1.29, 1.82) is 0 Å². The third kappa shape index (κ3) is 4.74. The number of halogens is 1. The fourth-order valence-electron chi connectivity index (χ4n) is 1.41. The number of methoxy groups -OCH3 is 1. The molecule has 1 atom stereocenters. The van der Waals surface area contributed by atoms with E-state index >= 15 is 0 Å². The van der Waals surface area contributed by atoms with Crippen molar-refractivity contribution in [2.24, 2.45) is 5.10 Å². The number of hydrazone groups is 1. The van der Waals surface area contributed by atoms with Crippen LogP contribution >= 0.6 is 11.6 Å². The quantitative estimate of drug-likeness (QED) is 0.649. The average molecular weight is 299 g/mol. The Morgan fingerprint density at radius 2 is 2.25 bits per heavy atom. The van der Waals surface area contributed by atoms with Crippen LogP contribution in [-0.4, -0.2) is 25.3 Å². The molecule has 0 aliphatic carbocycles. The Bertz CT molecular complexity index is 503. The summed E-state index contributed by atoms with van der Waals surface area (Å²) in [5.74, 6) is 0.804. The molecule has 110 valence electrons. The van der Waals surface area contributed by atoms with Gasteiger partial charge in [0.2, 0.25) is 5.91 Å². The first kappa shape index (κ1) is 16.3. The zero-order valence-corrected chi connectivity index (χ0v) is 12.8. The van der Waals surface area contributed by atoms with Gasteiger partial charge in [-0.15, -0.1) is 0 Å². The number of carbonyl (C=O) groups excluding carboxylic acids is 1. The van der Waals surface area contributed by atoms with Gasteiger partial charge in [0, 0.05) is 6.92 Å². The van der Waals surface area contributed by atoms with Crippen LogP contribution in [-0.2, 0) is 4.79 Å². The van der Waals surface area contributed by atoms with E-state index in [0.29, 0.717) is 22.1 Å². The van der Waals surface area contributed by atoms with E-state index in [4.69, 9.17) is 21.1 Å². The lowest BCUT2D eigenvalue weighted by Crippen LogP contribution is -2.12. The van der Waals surface area contributed by atoms with Crippen LogP contribution in [0.5, 0.6) is 11.5 Å². The molecule has 0 spiro atoms. The number of rotatable bonds is 6. The van der Waals surface area contributed by atoms with Crippen molar-refractivity contribution in [2.45, 2.75) is 33.3 Å². The van der Waals surface area contributed by atoms with Crippen molar-refractivity contribution in [3.8, 4) is 11.5 Å². The number of nitrogens with zero attached hydrogens (tertiary/aromatic N) is 1. The second-order valence-electron chi connectivity index (χ2n) is 4.30. The number of ether oxygens (including phenoxy) is 2. The maximum Gasteiger partial charge on any atom is 0.236 e. The summed E-state index contributed by atoms with van der Waals surface area (Å²) in [5.41, 5.74) is 3.03. The van der Waals surface area contributed by atoms with Gasteiger partial charge in [0.1, 0.15) is 0 Å². The number of nitrogens with one attached hydrogen (secondary N) is 1. The molecular formula is C14H19ClN2O3. The third-order valence-electron chi connectivity index (χ3n) is 2.58. The Hall–Kier alpha value is -1.75. The first-order chi connectivity index (χ1) is 9.47. The summed E-state index contributed by atoms with van der Waals surface area (Å²) in [6, 6.07) is 3.45. The number of hydrogen-bond acceptors (Lipinski definition) is 4. The zero-order valence-electron chi connectivity index (χ0n) is 12.1. The van der Waals surface area contributed by atoms with Crippen molar-refractivity contribution < 1.29 is 14.3 Å². The first-order valence-electron chi connectivity index (χ1n) is 6.31. The maximum atomic E-state index is 10.7. The summed E-state index contributed by atoms with van der Waals surface area (Å²) in [6.07, 6.45) is 2.40. The van der Waals surface area contributed by atoms with Crippen molar-refractivity contribution in [3.05, 3.63) is 22.7 Å². The Balaban J connectivity index is 3.00. The van der Waals surface area contributed by atoms with E-state index < -0.39 is 0 Å². The summed E-state index contributed by atoms with van der Waals surface area (Å²) >= 11 is 6.20. The Morgan fingerprint density at radius 3 is 2.80 bits per heavy atom. The van der Waals surface area contributed by atoms with Gasteiger partial charge < -0.3 is 9.47 Å². The highest BCUT2D eigenvalue weighted by molar-refractivity contribution is 6.32. The van der Waals surface area contributed by atoms with Gasteiger partial charge in [-0.2, -0.15) is 5.10 Å². The van der Waals surface area contributed by atoms with E-state index in [1.807, 2.05) is 13.8 Å². The molecule has 5 nitrogen and oxygen atoms in total. The van der Waals surface area contributed by atoms with Crippen molar-refractivity contribution >= 4 is 23.7 Å². The average Bonchev–Trinajstić information content (AvgIpc) is 2.40. The maximum absolute atomic E-state index is 10.7. The lowest BCUT2D eigenvalue weighted by atomic mass is 10.2. The molecule has 0 bridgehead atoms. The predicted octanol–water partition coefficient (Wildman–Crippen LogP) is 3.00. The van der Waals surface area contributed by atoms with E-state index in [2.05, 4.69) is 10.5 Å². The lowest BCUT2D eigenvalue weighted by molar-refractivity contribution is -0.118. The number of hydrogen-bond donors (Lipinski definition) is 1. The summed E-state index contributed by atoms with van der Waals surface area (Å²) in [5, 5.41) is 4.22. The monoisotopic (exact) mass is 298 g/mol. The van der Waals surface area contributed by atoms with Crippen LogP contribution in [0, 0.1) is 0 Å². The largest absolute Gasteiger partial charge is 0.493 e. The normalized spacial score (nSPS) is 12.2. The van der Waals surface area contributed by atoms with Crippen LogP contribution in [0.2, 0.25) is 5.02 Å². The van der Waals surface area contributed by atoms with Crippen LogP contribution in [0.1, 0.15) is 32.8 Å². The molecule has 6 heteroatoms. The van der Waals surface area contributed by atoms with Gasteiger partial charge in [-0.25, -0.2) is 5.43 Å². The van der Waals surface area contributed by atoms with Crippen molar-refractivity contribution in [1.82, 2.24) is 5.43 Å². The number of amides is 1. The van der Waals surface area contributed by atoms with Gasteiger partial charge in [0.15, 0.2) is 11.5 Å². The Labute approximate surface area is 123 Å². The van der Waals surface area contributed by atoms with Gasteiger partial charge in [0.25, 0.3) is 0 Å². The van der Waals surface area contributed by atoms with E-state index in [-0.39, 0.29) is 12.0 Å². The Kier molecular flexibility index (Phi) is 6.31. The molecule has 0 aliphatic rings. The van der Waals surface area contributed by atoms with Crippen LogP contribution < -0.4 is 14.9 Å². The molecule has 0 saturated carbocycles. The van der Waals surface area contributed by atoms with Crippen LogP contribution in [0.25, 0.3) is 0 Å². The van der Waals surface area contributed by atoms with Crippen LogP contribution in [0.4, 0.5) is 0 Å². The molecular weight excluding hydrogens is 280 g/mol. The molecule has 1 amide bonds. The molecule has 1 aromatic rings. The second-order valence-corrected chi connectivity index (χ2v) is 4.70. The third-order valence-corrected chi connectivity index (χ3v) is 2.86. The van der Waals surface area contributed by atoms with Crippen molar-refractivity contribution in [3.63, 3.8) is 0 Å². The highest BCUT2D eigenvalue weighted by Gasteiger charge is 2.13. The van der Waals surface area contributed by atoms with E-state index in [1.54, 1.807) is 19.2 Å². The van der Waals surface area contributed by atoms with Crippen molar-refractivity contribution in [2.75, 3.05) is 7.11 Å². The summed E-state index contributed by atoms with van der Waals surface area (Å²) in [4.78, 5) is 10.7. The molecule has 0 radical (unpaired) electrons. The molecule has 0 unspecified atom stereocenters. The fourth-order valence-corrected chi connectivity index (χ4v) is 1.67. The minimum absolute atomic E-state index is 0.0419.